The van der Waals surface area contributed by atoms with Gasteiger partial charge in [0.2, 0.25) is 0 Å². The van der Waals surface area contributed by atoms with Crippen LogP contribution in [0.15, 0.2) is 34.7 Å². The Morgan fingerprint density at radius 2 is 1.92 bits per heavy atom. The number of nitrogens with one attached hydrogen (secondary N) is 2. The number of amides is 2. The lowest BCUT2D eigenvalue weighted by Crippen LogP contribution is -2.36. The quantitative estimate of drug-likeness (QED) is 0.871. The molecule has 0 radical (unpaired) electrons. The fraction of sp³-hybridized carbons (Fsp3) is 0.389. The number of benzene rings is 1. The molecule has 0 bridgehead atoms. The van der Waals surface area contributed by atoms with Crippen molar-refractivity contribution >= 4 is 11.7 Å². The van der Waals surface area contributed by atoms with Crippen molar-refractivity contribution in [2.75, 3.05) is 39.2 Å². The van der Waals surface area contributed by atoms with Crippen LogP contribution >= 0.6 is 0 Å². The third kappa shape index (κ3) is 4.24. The molecule has 1 aliphatic rings. The van der Waals surface area contributed by atoms with Gasteiger partial charge in [0.05, 0.1) is 6.04 Å². The number of ether oxygens (including phenoxy) is 2. The lowest BCUT2D eigenvalue weighted by molar-refractivity contribution is 0.171. The zero-order valence-corrected chi connectivity index (χ0v) is 14.7. The van der Waals surface area contributed by atoms with Crippen molar-refractivity contribution in [2.24, 2.45) is 0 Å². The molecule has 1 aromatic carbocycles. The largest absolute Gasteiger partial charge is 0.486 e. The van der Waals surface area contributed by atoms with Gasteiger partial charge in [0.1, 0.15) is 24.7 Å². The molecule has 134 valence electrons. The predicted molar refractivity (Wildman–Crippen MR) is 94.3 cm³/mol. The first kappa shape index (κ1) is 17.2. The van der Waals surface area contributed by atoms with Crippen molar-refractivity contribution in [1.82, 2.24) is 10.2 Å². The molecule has 2 amide bonds. The lowest BCUT2D eigenvalue weighted by Gasteiger charge is -2.23. The Labute approximate surface area is 146 Å². The van der Waals surface area contributed by atoms with Crippen LogP contribution in [0.3, 0.4) is 0 Å². The summed E-state index contributed by atoms with van der Waals surface area (Å²) in [6.07, 6.45) is 0. The van der Waals surface area contributed by atoms with Crippen LogP contribution in [-0.4, -0.2) is 44.8 Å². The van der Waals surface area contributed by atoms with Crippen LogP contribution in [0.1, 0.15) is 17.6 Å². The van der Waals surface area contributed by atoms with E-state index in [1.54, 1.807) is 18.2 Å². The number of hydrogen-bond donors (Lipinski definition) is 2. The third-order valence-electron chi connectivity index (χ3n) is 3.97. The van der Waals surface area contributed by atoms with Crippen molar-refractivity contribution in [3.63, 3.8) is 0 Å². The van der Waals surface area contributed by atoms with E-state index in [1.807, 2.05) is 38.1 Å². The minimum absolute atomic E-state index is 0.0419. The number of furan rings is 1. The number of rotatable bonds is 5. The molecular weight excluding hydrogens is 322 g/mol. The standard InChI is InChI=1S/C18H23N3O4/c1-12-4-6-15(25-12)14(21(2)3)11-19-18(22)20-13-5-7-16-17(10-13)24-9-8-23-16/h4-7,10,14H,8-9,11H2,1-3H3,(H2,19,20,22)/t14-/m1/s1. The van der Waals surface area contributed by atoms with E-state index in [2.05, 4.69) is 10.6 Å². The van der Waals surface area contributed by atoms with Crippen molar-refractivity contribution in [2.45, 2.75) is 13.0 Å². The monoisotopic (exact) mass is 345 g/mol. The first-order valence-corrected chi connectivity index (χ1v) is 8.20. The molecular formula is C18H23N3O4. The highest BCUT2D eigenvalue weighted by Gasteiger charge is 2.19. The lowest BCUT2D eigenvalue weighted by atomic mass is 10.2. The maximum absolute atomic E-state index is 12.2. The van der Waals surface area contributed by atoms with Crippen molar-refractivity contribution in [3.8, 4) is 11.5 Å². The Balaban J connectivity index is 1.58. The summed E-state index contributed by atoms with van der Waals surface area (Å²) in [5.74, 6) is 3.00. The second kappa shape index (κ2) is 7.48. The summed E-state index contributed by atoms with van der Waals surface area (Å²) >= 11 is 0. The Morgan fingerprint density at radius 1 is 1.16 bits per heavy atom. The molecule has 1 atom stereocenters. The molecule has 2 aromatic rings. The summed E-state index contributed by atoms with van der Waals surface area (Å²) in [6, 6.07) is 8.85. The summed E-state index contributed by atoms with van der Waals surface area (Å²) in [6.45, 7) is 3.38. The highest BCUT2D eigenvalue weighted by Crippen LogP contribution is 2.32. The number of carbonyl (C=O) groups excluding carboxylic acids is 1. The Hall–Kier alpha value is -2.67. The van der Waals surface area contributed by atoms with Crippen molar-refractivity contribution in [3.05, 3.63) is 41.9 Å². The third-order valence-corrected chi connectivity index (χ3v) is 3.97. The first-order valence-electron chi connectivity index (χ1n) is 8.20. The van der Waals surface area contributed by atoms with Crippen LogP contribution in [0.2, 0.25) is 0 Å². The maximum atomic E-state index is 12.2. The summed E-state index contributed by atoms with van der Waals surface area (Å²) in [5.41, 5.74) is 0.650. The number of fused-ring (bicyclic) bond motifs is 1. The molecule has 0 unspecified atom stereocenters. The van der Waals surface area contributed by atoms with Crippen LogP contribution in [0.4, 0.5) is 10.5 Å². The summed E-state index contributed by atoms with van der Waals surface area (Å²) in [5, 5.41) is 5.68. The van der Waals surface area contributed by atoms with E-state index in [4.69, 9.17) is 13.9 Å². The molecule has 0 spiro atoms. The fourth-order valence-electron chi connectivity index (χ4n) is 2.66. The number of nitrogens with zero attached hydrogens (tertiary/aromatic N) is 1. The number of hydrogen-bond acceptors (Lipinski definition) is 5. The van der Waals surface area contributed by atoms with E-state index in [0.717, 1.165) is 11.5 Å². The van der Waals surface area contributed by atoms with Gasteiger partial charge >= 0.3 is 6.03 Å². The van der Waals surface area contributed by atoms with Crippen LogP contribution in [0.5, 0.6) is 11.5 Å². The second-order valence-corrected chi connectivity index (χ2v) is 6.12. The van der Waals surface area contributed by atoms with Gasteiger partial charge < -0.3 is 24.5 Å². The van der Waals surface area contributed by atoms with E-state index >= 15 is 0 Å². The number of aryl methyl sites for hydroxylation is 1. The molecule has 1 aliphatic heterocycles. The van der Waals surface area contributed by atoms with Gasteiger partial charge in [0.25, 0.3) is 0 Å². The Morgan fingerprint density at radius 3 is 2.60 bits per heavy atom. The minimum atomic E-state index is -0.285. The number of carbonyl (C=O) groups is 1. The van der Waals surface area contributed by atoms with E-state index in [9.17, 15) is 4.79 Å². The van der Waals surface area contributed by atoms with E-state index in [0.29, 0.717) is 36.9 Å². The molecule has 1 aromatic heterocycles. The molecule has 7 heteroatoms. The molecule has 0 saturated carbocycles. The number of likely N-dealkylation sites (N-methyl/N-ethyl adjacent to an activating group) is 1. The highest BCUT2D eigenvalue weighted by atomic mass is 16.6. The van der Waals surface area contributed by atoms with Gasteiger partial charge in [-0.3, -0.25) is 4.90 Å². The van der Waals surface area contributed by atoms with Crippen LogP contribution in [0.25, 0.3) is 0 Å². The normalized spacial score (nSPS) is 14.2. The Kier molecular flexibility index (Phi) is 5.14. The van der Waals surface area contributed by atoms with Gasteiger partial charge in [-0.15, -0.1) is 0 Å². The fourth-order valence-corrected chi connectivity index (χ4v) is 2.66. The molecule has 2 heterocycles. The van der Waals surface area contributed by atoms with Crippen molar-refractivity contribution < 1.29 is 18.7 Å². The predicted octanol–water partition coefficient (Wildman–Crippen LogP) is 2.78. The van der Waals surface area contributed by atoms with Crippen LogP contribution in [0, 0.1) is 6.92 Å². The average molecular weight is 345 g/mol. The van der Waals surface area contributed by atoms with Crippen LogP contribution < -0.4 is 20.1 Å². The van der Waals surface area contributed by atoms with Gasteiger partial charge in [0.15, 0.2) is 11.5 Å². The van der Waals surface area contributed by atoms with Crippen molar-refractivity contribution in [1.29, 1.82) is 0 Å². The first-order chi connectivity index (χ1) is 12.0. The molecule has 0 aliphatic carbocycles. The molecule has 3 rings (SSSR count). The molecule has 0 saturated heterocycles. The zero-order valence-electron chi connectivity index (χ0n) is 14.7. The molecule has 25 heavy (non-hydrogen) atoms. The SMILES string of the molecule is Cc1ccc([C@@H](CNC(=O)Nc2ccc3c(c2)OCCO3)N(C)C)o1. The number of urea groups is 1. The highest BCUT2D eigenvalue weighted by molar-refractivity contribution is 5.89. The average Bonchev–Trinajstić information content (AvgIpc) is 3.00. The zero-order chi connectivity index (χ0) is 17.8. The van der Waals surface area contributed by atoms with Gasteiger partial charge in [-0.05, 0) is 45.3 Å². The van der Waals surface area contributed by atoms with E-state index < -0.39 is 0 Å². The molecule has 0 fully saturated rings. The van der Waals surface area contributed by atoms with Gasteiger partial charge in [-0.2, -0.15) is 0 Å². The Bertz CT molecular complexity index is 742. The van der Waals surface area contributed by atoms with Gasteiger partial charge in [-0.1, -0.05) is 0 Å². The van der Waals surface area contributed by atoms with E-state index in [-0.39, 0.29) is 12.1 Å². The second-order valence-electron chi connectivity index (χ2n) is 6.12. The number of anilines is 1. The molecule has 7 nitrogen and oxygen atoms in total. The minimum Gasteiger partial charge on any atom is -0.486 e. The van der Waals surface area contributed by atoms with Gasteiger partial charge in [0, 0.05) is 18.3 Å². The maximum Gasteiger partial charge on any atom is 0.319 e. The molecule has 2 N–H and O–H groups in total. The smallest absolute Gasteiger partial charge is 0.319 e. The van der Waals surface area contributed by atoms with E-state index in [1.165, 1.54) is 0 Å². The van der Waals surface area contributed by atoms with Crippen LogP contribution in [-0.2, 0) is 0 Å². The van der Waals surface area contributed by atoms with Gasteiger partial charge in [-0.25, -0.2) is 4.79 Å². The summed E-state index contributed by atoms with van der Waals surface area (Å²) in [4.78, 5) is 14.2. The topological polar surface area (TPSA) is 76.0 Å². The summed E-state index contributed by atoms with van der Waals surface area (Å²) in [7, 11) is 3.89. The summed E-state index contributed by atoms with van der Waals surface area (Å²) < 4.78 is 16.7.